The first kappa shape index (κ1) is 14.2. The van der Waals surface area contributed by atoms with Gasteiger partial charge >= 0.3 is 0 Å². The van der Waals surface area contributed by atoms with Gasteiger partial charge in [-0.25, -0.2) is 0 Å². The van der Waals surface area contributed by atoms with Crippen LogP contribution in [0.15, 0.2) is 29.2 Å². The molecule has 2 unspecified atom stereocenters. The van der Waals surface area contributed by atoms with E-state index in [-0.39, 0.29) is 0 Å². The first-order valence-corrected chi connectivity index (χ1v) is 8.22. The van der Waals surface area contributed by atoms with Gasteiger partial charge in [0.25, 0.3) is 0 Å². The van der Waals surface area contributed by atoms with Crippen molar-refractivity contribution in [1.29, 1.82) is 0 Å². The maximum Gasteiger partial charge on any atom is 0.0260 e. The quantitative estimate of drug-likeness (QED) is 0.601. The molecule has 1 aromatic carbocycles. The maximum absolute atomic E-state index is 5.80. The van der Waals surface area contributed by atoms with Gasteiger partial charge in [-0.2, -0.15) is 0 Å². The van der Waals surface area contributed by atoms with Crippen molar-refractivity contribution in [3.8, 4) is 0 Å². The van der Waals surface area contributed by atoms with E-state index in [0.29, 0.717) is 11.2 Å². The van der Waals surface area contributed by atoms with Crippen molar-refractivity contribution < 1.29 is 0 Å². The molecule has 0 fully saturated rings. The minimum atomic E-state index is 0.651. The van der Waals surface area contributed by atoms with Crippen molar-refractivity contribution >= 4 is 23.4 Å². The smallest absolute Gasteiger partial charge is 0.0260 e. The number of halogens is 1. The summed E-state index contributed by atoms with van der Waals surface area (Å²) in [5.74, 6) is 1.44. The fraction of sp³-hybridized carbons (Fsp3) is 0.600. The van der Waals surface area contributed by atoms with E-state index in [0.717, 1.165) is 19.0 Å². The number of hydrogen-bond acceptors (Lipinski definition) is 2. The molecule has 1 aliphatic heterocycles. The fourth-order valence-corrected chi connectivity index (χ4v) is 3.72. The van der Waals surface area contributed by atoms with Crippen molar-refractivity contribution in [2.24, 2.45) is 5.92 Å². The summed E-state index contributed by atoms with van der Waals surface area (Å²) in [6.07, 6.45) is 3.68. The van der Waals surface area contributed by atoms with Crippen LogP contribution in [0.25, 0.3) is 0 Å². The molecule has 0 amide bonds. The first-order chi connectivity index (χ1) is 8.79. The normalized spacial score (nSPS) is 19.8. The van der Waals surface area contributed by atoms with Gasteiger partial charge in [0.2, 0.25) is 0 Å². The summed E-state index contributed by atoms with van der Waals surface area (Å²) < 4.78 is 0. The van der Waals surface area contributed by atoms with Crippen molar-refractivity contribution in [1.82, 2.24) is 5.32 Å². The number of benzene rings is 1. The van der Waals surface area contributed by atoms with Gasteiger partial charge in [0.05, 0.1) is 0 Å². The van der Waals surface area contributed by atoms with Crippen LogP contribution in [0.5, 0.6) is 0 Å². The van der Waals surface area contributed by atoms with Crippen LogP contribution in [-0.2, 0) is 6.42 Å². The SMILES string of the molecule is CC(CCl)CCCNCC1Cc2ccccc2S1. The predicted molar refractivity (Wildman–Crippen MR) is 81.8 cm³/mol. The Morgan fingerprint density at radius 2 is 2.28 bits per heavy atom. The van der Waals surface area contributed by atoms with Gasteiger partial charge in [-0.05, 0) is 43.4 Å². The van der Waals surface area contributed by atoms with Crippen molar-refractivity contribution in [3.05, 3.63) is 29.8 Å². The van der Waals surface area contributed by atoms with Crippen LogP contribution in [0.2, 0.25) is 0 Å². The highest BCUT2D eigenvalue weighted by molar-refractivity contribution is 8.00. The van der Waals surface area contributed by atoms with E-state index >= 15 is 0 Å². The second-order valence-corrected chi connectivity index (χ2v) is 6.81. The molecule has 0 radical (unpaired) electrons. The second-order valence-electron chi connectivity index (χ2n) is 5.16. The molecular formula is C15H22ClNS. The third-order valence-electron chi connectivity index (χ3n) is 3.40. The molecule has 0 saturated heterocycles. The number of fused-ring (bicyclic) bond motifs is 1. The Kier molecular flexibility index (Phi) is 5.87. The lowest BCUT2D eigenvalue weighted by molar-refractivity contribution is 0.530. The molecule has 1 aromatic rings. The van der Waals surface area contributed by atoms with E-state index in [1.165, 1.54) is 29.7 Å². The van der Waals surface area contributed by atoms with Crippen molar-refractivity contribution in [2.75, 3.05) is 19.0 Å². The molecule has 18 heavy (non-hydrogen) atoms. The molecule has 100 valence electrons. The number of alkyl halides is 1. The maximum atomic E-state index is 5.80. The van der Waals surface area contributed by atoms with E-state index in [4.69, 9.17) is 11.6 Å². The fourth-order valence-electron chi connectivity index (χ4n) is 2.28. The molecular weight excluding hydrogens is 262 g/mol. The third kappa shape index (κ3) is 4.18. The van der Waals surface area contributed by atoms with Crippen LogP contribution in [0.1, 0.15) is 25.3 Å². The third-order valence-corrected chi connectivity index (χ3v) is 5.25. The summed E-state index contributed by atoms with van der Waals surface area (Å²) in [5, 5.41) is 4.29. The minimum Gasteiger partial charge on any atom is -0.316 e. The molecule has 2 atom stereocenters. The Morgan fingerprint density at radius 1 is 1.44 bits per heavy atom. The van der Waals surface area contributed by atoms with Gasteiger partial charge in [-0.1, -0.05) is 25.1 Å². The zero-order valence-electron chi connectivity index (χ0n) is 11.0. The topological polar surface area (TPSA) is 12.0 Å². The summed E-state index contributed by atoms with van der Waals surface area (Å²) >= 11 is 7.82. The van der Waals surface area contributed by atoms with Crippen LogP contribution in [0.3, 0.4) is 0 Å². The zero-order chi connectivity index (χ0) is 12.8. The second kappa shape index (κ2) is 7.42. The van der Waals surface area contributed by atoms with Crippen LogP contribution in [-0.4, -0.2) is 24.2 Å². The Bertz CT molecular complexity index is 344. The first-order valence-electron chi connectivity index (χ1n) is 6.81. The molecule has 0 aliphatic carbocycles. The molecule has 2 rings (SSSR count). The highest BCUT2D eigenvalue weighted by Crippen LogP contribution is 2.36. The Hall–Kier alpha value is -0.180. The minimum absolute atomic E-state index is 0.651. The number of thioether (sulfide) groups is 1. The predicted octanol–water partition coefficient (Wildman–Crippen LogP) is 3.95. The Balaban J connectivity index is 1.60. The molecule has 0 saturated carbocycles. The summed E-state index contributed by atoms with van der Waals surface area (Å²) in [4.78, 5) is 1.47. The van der Waals surface area contributed by atoms with E-state index in [1.807, 2.05) is 11.8 Å². The molecule has 0 aromatic heterocycles. The highest BCUT2D eigenvalue weighted by Gasteiger charge is 2.20. The van der Waals surface area contributed by atoms with Crippen LogP contribution < -0.4 is 5.32 Å². The zero-order valence-corrected chi connectivity index (χ0v) is 12.6. The lowest BCUT2D eigenvalue weighted by Crippen LogP contribution is -2.25. The van der Waals surface area contributed by atoms with E-state index < -0.39 is 0 Å². The molecule has 1 nitrogen and oxygen atoms in total. The average Bonchev–Trinajstić information content (AvgIpc) is 2.80. The number of rotatable bonds is 7. The molecule has 1 aliphatic rings. The summed E-state index contributed by atoms with van der Waals surface area (Å²) in [6.45, 7) is 4.46. The molecule has 1 N–H and O–H groups in total. The summed E-state index contributed by atoms with van der Waals surface area (Å²) in [5.41, 5.74) is 1.52. The van der Waals surface area contributed by atoms with Gasteiger partial charge in [-0.3, -0.25) is 0 Å². The molecule has 0 spiro atoms. The van der Waals surface area contributed by atoms with Crippen LogP contribution in [0, 0.1) is 5.92 Å². The molecule has 0 bridgehead atoms. The monoisotopic (exact) mass is 283 g/mol. The van der Waals surface area contributed by atoms with Crippen molar-refractivity contribution in [2.45, 2.75) is 36.3 Å². The van der Waals surface area contributed by atoms with Gasteiger partial charge < -0.3 is 5.32 Å². The van der Waals surface area contributed by atoms with E-state index in [2.05, 4.69) is 36.5 Å². The standard InChI is InChI=1S/C15H22ClNS/c1-12(10-16)5-4-8-17-11-14-9-13-6-2-3-7-15(13)18-14/h2-3,6-7,12,14,17H,4-5,8-11H2,1H3. The van der Waals surface area contributed by atoms with Crippen LogP contribution >= 0.6 is 23.4 Å². The largest absolute Gasteiger partial charge is 0.316 e. The molecule has 3 heteroatoms. The average molecular weight is 284 g/mol. The Labute approximate surface area is 120 Å². The highest BCUT2D eigenvalue weighted by atomic mass is 35.5. The van der Waals surface area contributed by atoms with Gasteiger partial charge in [0, 0.05) is 22.6 Å². The summed E-state index contributed by atoms with van der Waals surface area (Å²) in [6, 6.07) is 8.77. The van der Waals surface area contributed by atoms with Gasteiger partial charge in [-0.15, -0.1) is 23.4 Å². The van der Waals surface area contributed by atoms with Gasteiger partial charge in [0.1, 0.15) is 0 Å². The lowest BCUT2D eigenvalue weighted by Gasteiger charge is -2.11. The Morgan fingerprint density at radius 3 is 3.06 bits per heavy atom. The molecule has 1 heterocycles. The lowest BCUT2D eigenvalue weighted by atomic mass is 10.1. The van der Waals surface area contributed by atoms with E-state index in [1.54, 1.807) is 0 Å². The number of nitrogens with one attached hydrogen (secondary N) is 1. The van der Waals surface area contributed by atoms with Crippen LogP contribution in [0.4, 0.5) is 0 Å². The number of hydrogen-bond donors (Lipinski definition) is 1. The van der Waals surface area contributed by atoms with Gasteiger partial charge in [0.15, 0.2) is 0 Å². The summed E-state index contributed by atoms with van der Waals surface area (Å²) in [7, 11) is 0. The van der Waals surface area contributed by atoms with Crippen molar-refractivity contribution in [3.63, 3.8) is 0 Å². The van der Waals surface area contributed by atoms with E-state index in [9.17, 15) is 0 Å².